The molecule has 0 radical (unpaired) electrons. The van der Waals surface area contributed by atoms with Crippen molar-refractivity contribution in [3.8, 4) is 0 Å². The molecule has 9 heteroatoms. The Morgan fingerprint density at radius 1 is 1.15 bits per heavy atom. The fourth-order valence-electron chi connectivity index (χ4n) is 2.96. The van der Waals surface area contributed by atoms with Crippen LogP contribution in [0.1, 0.15) is 12.0 Å². The highest BCUT2D eigenvalue weighted by molar-refractivity contribution is 7.89. The molecule has 1 aromatic rings. The number of ether oxygens (including phenoxy) is 2. The van der Waals surface area contributed by atoms with Crippen LogP contribution >= 0.6 is 0 Å². The highest BCUT2D eigenvalue weighted by Gasteiger charge is 2.26. The van der Waals surface area contributed by atoms with Gasteiger partial charge in [0.25, 0.3) is 0 Å². The molecule has 2 aliphatic heterocycles. The van der Waals surface area contributed by atoms with E-state index in [1.54, 1.807) is 24.3 Å². The topological polar surface area (TPSA) is 97.0 Å². The van der Waals surface area contributed by atoms with E-state index in [2.05, 4.69) is 10.6 Å². The van der Waals surface area contributed by atoms with E-state index in [0.29, 0.717) is 52.5 Å². The predicted molar refractivity (Wildman–Crippen MR) is 95.1 cm³/mol. The first-order chi connectivity index (χ1) is 12.6. The van der Waals surface area contributed by atoms with Gasteiger partial charge in [0.2, 0.25) is 15.9 Å². The molecule has 2 saturated heterocycles. The van der Waals surface area contributed by atoms with Crippen LogP contribution in [0, 0.1) is 0 Å². The number of nitrogens with zero attached hydrogens (tertiary/aromatic N) is 1. The van der Waals surface area contributed by atoms with E-state index >= 15 is 0 Å². The van der Waals surface area contributed by atoms with Crippen LogP contribution < -0.4 is 10.6 Å². The molecule has 144 valence electrons. The molecule has 3 rings (SSSR count). The monoisotopic (exact) mass is 383 g/mol. The van der Waals surface area contributed by atoms with Gasteiger partial charge in [-0.25, -0.2) is 8.42 Å². The summed E-state index contributed by atoms with van der Waals surface area (Å²) < 4.78 is 37.1. The molecule has 0 spiro atoms. The molecule has 0 aromatic heterocycles. The lowest BCUT2D eigenvalue weighted by molar-refractivity contribution is -0.122. The molecule has 2 heterocycles. The van der Waals surface area contributed by atoms with E-state index in [0.717, 1.165) is 12.1 Å². The first kappa shape index (κ1) is 19.2. The molecule has 1 atom stereocenters. The van der Waals surface area contributed by atoms with Gasteiger partial charge in [0.15, 0.2) is 0 Å². The summed E-state index contributed by atoms with van der Waals surface area (Å²) in [6.07, 6.45) is 0.365. The molecule has 0 saturated carbocycles. The predicted octanol–water partition coefficient (Wildman–Crippen LogP) is -0.298. The average Bonchev–Trinajstić information content (AvgIpc) is 2.68. The number of amides is 1. The van der Waals surface area contributed by atoms with Gasteiger partial charge < -0.3 is 20.1 Å². The molecule has 1 aromatic carbocycles. The van der Waals surface area contributed by atoms with Crippen molar-refractivity contribution in [1.82, 2.24) is 14.9 Å². The fraction of sp³-hybridized carbons (Fsp3) is 0.588. The lowest BCUT2D eigenvalue weighted by Crippen LogP contribution is -2.44. The number of carbonyl (C=O) groups is 1. The molecule has 2 aliphatic rings. The van der Waals surface area contributed by atoms with E-state index in [9.17, 15) is 13.2 Å². The summed E-state index contributed by atoms with van der Waals surface area (Å²) in [5.41, 5.74) is 0.854. The van der Waals surface area contributed by atoms with E-state index in [1.165, 1.54) is 4.31 Å². The molecule has 2 N–H and O–H groups in total. The molecular formula is C17H25N3O5S. The van der Waals surface area contributed by atoms with Crippen LogP contribution in [0.4, 0.5) is 0 Å². The van der Waals surface area contributed by atoms with Gasteiger partial charge in [-0.15, -0.1) is 0 Å². The van der Waals surface area contributed by atoms with Gasteiger partial charge in [-0.3, -0.25) is 4.79 Å². The second kappa shape index (κ2) is 8.92. The van der Waals surface area contributed by atoms with Crippen LogP contribution in [0.3, 0.4) is 0 Å². The lowest BCUT2D eigenvalue weighted by Gasteiger charge is -2.26. The van der Waals surface area contributed by atoms with Gasteiger partial charge in [0.1, 0.15) is 0 Å². The number of hydrogen-bond acceptors (Lipinski definition) is 6. The number of hydrogen-bond donors (Lipinski definition) is 2. The standard InChI is InChI=1S/C17H25N3O5S/c21-17(11-15-13-25-8-5-18-15)19-12-14-1-3-16(4-2-14)26(22,23)20-6-9-24-10-7-20/h1-4,15,18H,5-13H2,(H,19,21). The van der Waals surface area contributed by atoms with Crippen molar-refractivity contribution in [1.29, 1.82) is 0 Å². The van der Waals surface area contributed by atoms with Gasteiger partial charge in [0, 0.05) is 38.6 Å². The number of benzene rings is 1. The van der Waals surface area contributed by atoms with Crippen LogP contribution in [0.25, 0.3) is 0 Å². The Balaban J connectivity index is 1.51. The third kappa shape index (κ3) is 5.01. The Kier molecular flexibility index (Phi) is 6.60. The summed E-state index contributed by atoms with van der Waals surface area (Å²) in [7, 11) is -3.49. The Labute approximate surface area is 153 Å². The van der Waals surface area contributed by atoms with Crippen molar-refractivity contribution < 1.29 is 22.7 Å². The SMILES string of the molecule is O=C(CC1COCCN1)NCc1ccc(S(=O)(=O)N2CCOCC2)cc1. The fourth-order valence-corrected chi connectivity index (χ4v) is 4.37. The summed E-state index contributed by atoms with van der Waals surface area (Å²) in [6, 6.07) is 6.68. The zero-order valence-corrected chi connectivity index (χ0v) is 15.5. The normalized spacial score (nSPS) is 22.1. The molecular weight excluding hydrogens is 358 g/mol. The molecule has 8 nitrogen and oxygen atoms in total. The van der Waals surface area contributed by atoms with Crippen molar-refractivity contribution in [2.75, 3.05) is 46.1 Å². The molecule has 26 heavy (non-hydrogen) atoms. The Bertz CT molecular complexity index is 696. The van der Waals surface area contributed by atoms with Crippen LogP contribution in [-0.2, 0) is 30.8 Å². The van der Waals surface area contributed by atoms with Crippen molar-refractivity contribution in [3.05, 3.63) is 29.8 Å². The first-order valence-corrected chi connectivity index (χ1v) is 10.2. The third-order valence-electron chi connectivity index (χ3n) is 4.45. The van der Waals surface area contributed by atoms with E-state index < -0.39 is 10.0 Å². The second-order valence-corrected chi connectivity index (χ2v) is 8.31. The zero-order chi connectivity index (χ0) is 18.4. The van der Waals surface area contributed by atoms with E-state index in [1.807, 2.05) is 0 Å². The largest absolute Gasteiger partial charge is 0.379 e. The van der Waals surface area contributed by atoms with Gasteiger partial charge in [-0.2, -0.15) is 4.31 Å². The van der Waals surface area contributed by atoms with Gasteiger partial charge in [-0.1, -0.05) is 12.1 Å². The summed E-state index contributed by atoms with van der Waals surface area (Å²) in [5.74, 6) is -0.0574. The van der Waals surface area contributed by atoms with E-state index in [-0.39, 0.29) is 16.8 Å². The zero-order valence-electron chi connectivity index (χ0n) is 14.6. The number of carbonyl (C=O) groups excluding carboxylic acids is 1. The van der Waals surface area contributed by atoms with Gasteiger partial charge in [-0.05, 0) is 17.7 Å². The van der Waals surface area contributed by atoms with Gasteiger partial charge >= 0.3 is 0 Å². The number of nitrogens with one attached hydrogen (secondary N) is 2. The van der Waals surface area contributed by atoms with Crippen LogP contribution in [-0.4, -0.2) is 70.7 Å². The van der Waals surface area contributed by atoms with Crippen LogP contribution in [0.2, 0.25) is 0 Å². The minimum atomic E-state index is -3.49. The summed E-state index contributed by atoms with van der Waals surface area (Å²) in [6.45, 7) is 3.94. The van der Waals surface area contributed by atoms with Crippen molar-refractivity contribution in [2.24, 2.45) is 0 Å². The lowest BCUT2D eigenvalue weighted by atomic mass is 10.2. The third-order valence-corrected chi connectivity index (χ3v) is 6.36. The number of sulfonamides is 1. The van der Waals surface area contributed by atoms with Crippen molar-refractivity contribution in [2.45, 2.75) is 23.9 Å². The molecule has 0 aliphatic carbocycles. The van der Waals surface area contributed by atoms with Crippen LogP contribution in [0.5, 0.6) is 0 Å². The molecule has 0 bridgehead atoms. The Morgan fingerprint density at radius 2 is 1.88 bits per heavy atom. The molecule has 1 unspecified atom stereocenters. The highest BCUT2D eigenvalue weighted by Crippen LogP contribution is 2.17. The summed E-state index contributed by atoms with van der Waals surface area (Å²) in [5, 5.41) is 6.09. The highest BCUT2D eigenvalue weighted by atomic mass is 32.2. The van der Waals surface area contributed by atoms with Gasteiger partial charge in [0.05, 0.1) is 31.3 Å². The second-order valence-electron chi connectivity index (χ2n) is 6.37. The molecule has 1 amide bonds. The minimum absolute atomic E-state index is 0.0461. The first-order valence-electron chi connectivity index (χ1n) is 8.80. The quantitative estimate of drug-likeness (QED) is 0.700. The smallest absolute Gasteiger partial charge is 0.243 e. The number of rotatable bonds is 6. The average molecular weight is 383 g/mol. The maximum absolute atomic E-state index is 12.6. The summed E-state index contributed by atoms with van der Waals surface area (Å²) >= 11 is 0. The molecule has 2 fully saturated rings. The summed E-state index contributed by atoms with van der Waals surface area (Å²) in [4.78, 5) is 12.3. The maximum atomic E-state index is 12.6. The Morgan fingerprint density at radius 3 is 2.54 bits per heavy atom. The minimum Gasteiger partial charge on any atom is -0.379 e. The maximum Gasteiger partial charge on any atom is 0.243 e. The Hall–Kier alpha value is -1.52. The van der Waals surface area contributed by atoms with Crippen molar-refractivity contribution in [3.63, 3.8) is 0 Å². The van der Waals surface area contributed by atoms with Crippen LogP contribution in [0.15, 0.2) is 29.2 Å². The number of morpholine rings is 2. The van der Waals surface area contributed by atoms with E-state index in [4.69, 9.17) is 9.47 Å². The van der Waals surface area contributed by atoms with Crippen molar-refractivity contribution >= 4 is 15.9 Å².